The summed E-state index contributed by atoms with van der Waals surface area (Å²) >= 11 is 0. The maximum Gasteiger partial charge on any atom is 0.289 e. The van der Waals surface area contributed by atoms with Crippen molar-refractivity contribution in [2.45, 2.75) is 13.3 Å². The van der Waals surface area contributed by atoms with Crippen molar-refractivity contribution in [2.24, 2.45) is 0 Å². The first-order chi connectivity index (χ1) is 18.1. The van der Waals surface area contributed by atoms with Crippen LogP contribution in [-0.4, -0.2) is 65.9 Å². The number of carbonyl (C=O) groups excluding carboxylic acids is 2. The lowest BCUT2D eigenvalue weighted by atomic mass is 10.1. The maximum atomic E-state index is 13.2. The molecule has 2 aromatic carbocycles. The molecular formula is C29H29N5O3. The number of nitrogens with one attached hydrogen (secondary N) is 1. The van der Waals surface area contributed by atoms with Gasteiger partial charge in [-0.05, 0) is 49.2 Å². The molecule has 1 saturated heterocycles. The van der Waals surface area contributed by atoms with E-state index >= 15 is 0 Å². The van der Waals surface area contributed by atoms with Gasteiger partial charge in [-0.2, -0.15) is 0 Å². The Morgan fingerprint density at radius 3 is 2.59 bits per heavy atom. The molecule has 2 aliphatic heterocycles. The molecule has 4 heterocycles. The van der Waals surface area contributed by atoms with Crippen LogP contribution in [0.15, 0.2) is 71.3 Å². The van der Waals surface area contributed by atoms with E-state index in [1.807, 2.05) is 24.3 Å². The van der Waals surface area contributed by atoms with Crippen molar-refractivity contribution in [2.75, 3.05) is 49.5 Å². The molecule has 0 aliphatic carbocycles. The molecule has 4 aromatic rings. The number of nitrogens with zero attached hydrogens (tertiary/aromatic N) is 4. The van der Waals surface area contributed by atoms with Gasteiger partial charge in [-0.1, -0.05) is 30.3 Å². The lowest BCUT2D eigenvalue weighted by molar-refractivity contribution is -0.117. The van der Waals surface area contributed by atoms with E-state index in [1.54, 1.807) is 17.0 Å². The maximum absolute atomic E-state index is 13.2. The molecule has 1 N–H and O–H groups in total. The number of para-hydroxylation sites is 1. The zero-order valence-corrected chi connectivity index (χ0v) is 20.8. The monoisotopic (exact) mass is 495 g/mol. The predicted octanol–water partition coefficient (Wildman–Crippen LogP) is 4.23. The molecule has 0 bridgehead atoms. The van der Waals surface area contributed by atoms with Crippen LogP contribution in [0, 0.1) is 6.92 Å². The Kier molecular flexibility index (Phi) is 6.10. The van der Waals surface area contributed by atoms with E-state index in [9.17, 15) is 9.59 Å². The molecule has 0 radical (unpaired) electrons. The first kappa shape index (κ1) is 23.2. The van der Waals surface area contributed by atoms with Gasteiger partial charge in [0.05, 0.1) is 24.0 Å². The van der Waals surface area contributed by atoms with E-state index in [0.29, 0.717) is 31.9 Å². The van der Waals surface area contributed by atoms with Gasteiger partial charge in [-0.25, -0.2) is 4.98 Å². The van der Waals surface area contributed by atoms with Crippen LogP contribution in [0.5, 0.6) is 0 Å². The number of pyridine rings is 1. The summed E-state index contributed by atoms with van der Waals surface area (Å²) in [6.07, 6.45) is 2.32. The minimum atomic E-state index is -0.105. The lowest BCUT2D eigenvalue weighted by Gasteiger charge is -2.33. The first-order valence-electron chi connectivity index (χ1n) is 12.7. The van der Waals surface area contributed by atoms with Gasteiger partial charge in [0.25, 0.3) is 5.91 Å². The number of rotatable bonds is 5. The van der Waals surface area contributed by atoms with Crippen molar-refractivity contribution in [1.29, 1.82) is 0 Å². The molecule has 8 heteroatoms. The highest BCUT2D eigenvalue weighted by atomic mass is 16.3. The second kappa shape index (κ2) is 9.71. The summed E-state index contributed by atoms with van der Waals surface area (Å²) in [5.41, 5.74) is 5.10. The van der Waals surface area contributed by atoms with Crippen molar-refractivity contribution >= 4 is 39.9 Å². The zero-order valence-electron chi connectivity index (χ0n) is 20.8. The minimum absolute atomic E-state index is 0.0571. The topological polar surface area (TPSA) is 81.9 Å². The summed E-state index contributed by atoms with van der Waals surface area (Å²) < 4.78 is 5.24. The first-order valence-corrected chi connectivity index (χ1v) is 12.7. The van der Waals surface area contributed by atoms with Crippen LogP contribution >= 0.6 is 0 Å². The number of amides is 2. The van der Waals surface area contributed by atoms with E-state index < -0.39 is 0 Å². The quantitative estimate of drug-likeness (QED) is 0.446. The van der Waals surface area contributed by atoms with Crippen LogP contribution in [-0.2, 0) is 11.2 Å². The third kappa shape index (κ3) is 4.56. The van der Waals surface area contributed by atoms with Crippen molar-refractivity contribution in [3.05, 3.63) is 83.8 Å². The van der Waals surface area contributed by atoms with Crippen LogP contribution in [0.4, 0.5) is 17.2 Å². The van der Waals surface area contributed by atoms with Gasteiger partial charge in [-0.3, -0.25) is 14.5 Å². The van der Waals surface area contributed by atoms with Crippen LogP contribution in [0.3, 0.4) is 0 Å². The lowest BCUT2D eigenvalue weighted by Crippen LogP contribution is -2.50. The predicted molar refractivity (Wildman–Crippen MR) is 143 cm³/mol. The molecule has 6 rings (SSSR count). The molecule has 2 amide bonds. The number of fused-ring (bicyclic) bond motifs is 2. The molecule has 8 nitrogen and oxygen atoms in total. The fraction of sp³-hybridized carbons (Fsp3) is 0.276. The fourth-order valence-electron chi connectivity index (χ4n) is 5.27. The van der Waals surface area contributed by atoms with Crippen LogP contribution in [0.1, 0.15) is 21.7 Å². The van der Waals surface area contributed by atoms with Crippen LogP contribution < -0.4 is 10.2 Å². The molecule has 0 saturated carbocycles. The van der Waals surface area contributed by atoms with Crippen LogP contribution in [0.25, 0.3) is 10.9 Å². The Morgan fingerprint density at radius 1 is 0.973 bits per heavy atom. The molecule has 2 aromatic heterocycles. The number of carbonyl (C=O) groups is 2. The Bertz CT molecular complexity index is 1460. The highest BCUT2D eigenvalue weighted by molar-refractivity contribution is 6.05. The van der Waals surface area contributed by atoms with E-state index in [2.05, 4.69) is 46.3 Å². The highest BCUT2D eigenvalue weighted by Crippen LogP contribution is 2.40. The van der Waals surface area contributed by atoms with E-state index in [1.165, 1.54) is 11.8 Å². The average molecular weight is 496 g/mol. The number of benzene rings is 2. The molecule has 0 spiro atoms. The number of anilines is 3. The Hall–Kier alpha value is -4.17. The summed E-state index contributed by atoms with van der Waals surface area (Å²) in [4.78, 5) is 36.9. The Labute approximate surface area is 215 Å². The standard InChI is InChI=1S/C29H29N5O3/c1-20-6-4-7-21(18-20)34-12-11-23-27(22-8-2-3-9-24(22)30-28(23)34)31-26(35)19-32-13-15-33(16-14-32)29(36)25-10-5-17-37-25/h2-10,17-18H,11-16,19H2,1H3,(H,30,31,35). The van der Waals surface area contributed by atoms with Gasteiger partial charge >= 0.3 is 0 Å². The second-order valence-corrected chi connectivity index (χ2v) is 9.64. The summed E-state index contributed by atoms with van der Waals surface area (Å²) in [5.74, 6) is 1.10. The van der Waals surface area contributed by atoms with Crippen molar-refractivity contribution in [3.8, 4) is 0 Å². The normalized spacial score (nSPS) is 15.7. The number of furan rings is 1. The number of aromatic nitrogens is 1. The van der Waals surface area contributed by atoms with E-state index in [4.69, 9.17) is 9.40 Å². The van der Waals surface area contributed by atoms with Gasteiger partial charge in [0.1, 0.15) is 5.82 Å². The fourth-order valence-corrected chi connectivity index (χ4v) is 5.27. The largest absolute Gasteiger partial charge is 0.459 e. The van der Waals surface area contributed by atoms with Crippen molar-refractivity contribution in [1.82, 2.24) is 14.8 Å². The number of hydrogen-bond donors (Lipinski definition) is 1. The molecule has 188 valence electrons. The van der Waals surface area contributed by atoms with Crippen LogP contribution in [0.2, 0.25) is 0 Å². The Morgan fingerprint density at radius 2 is 1.81 bits per heavy atom. The number of aryl methyl sites for hydroxylation is 1. The van der Waals surface area contributed by atoms with Gasteiger partial charge in [0.2, 0.25) is 5.91 Å². The molecule has 0 atom stereocenters. The molecule has 2 aliphatic rings. The summed E-state index contributed by atoms with van der Waals surface area (Å²) in [7, 11) is 0. The average Bonchev–Trinajstić information content (AvgIpc) is 3.59. The third-order valence-corrected chi connectivity index (χ3v) is 7.15. The van der Waals surface area contributed by atoms with E-state index in [0.717, 1.165) is 46.6 Å². The zero-order chi connectivity index (χ0) is 25.4. The van der Waals surface area contributed by atoms with Gasteiger partial charge in [0, 0.05) is 49.4 Å². The third-order valence-electron chi connectivity index (χ3n) is 7.15. The van der Waals surface area contributed by atoms with Gasteiger partial charge < -0.3 is 19.5 Å². The number of piperazine rings is 1. The second-order valence-electron chi connectivity index (χ2n) is 9.64. The highest BCUT2D eigenvalue weighted by Gasteiger charge is 2.29. The molecular weight excluding hydrogens is 466 g/mol. The smallest absolute Gasteiger partial charge is 0.289 e. The molecule has 1 fully saturated rings. The van der Waals surface area contributed by atoms with Crippen molar-refractivity contribution < 1.29 is 14.0 Å². The SMILES string of the molecule is Cc1cccc(N2CCc3c2nc2ccccc2c3NC(=O)CN2CCN(C(=O)c3ccco3)CC2)c1. The van der Waals surface area contributed by atoms with Crippen molar-refractivity contribution in [3.63, 3.8) is 0 Å². The minimum Gasteiger partial charge on any atom is -0.459 e. The van der Waals surface area contributed by atoms with Gasteiger partial charge in [-0.15, -0.1) is 0 Å². The Balaban J connectivity index is 1.19. The molecule has 37 heavy (non-hydrogen) atoms. The van der Waals surface area contributed by atoms with E-state index in [-0.39, 0.29) is 18.4 Å². The molecule has 0 unspecified atom stereocenters. The summed E-state index contributed by atoms with van der Waals surface area (Å²) in [6, 6.07) is 19.8. The number of hydrogen-bond acceptors (Lipinski definition) is 6. The summed E-state index contributed by atoms with van der Waals surface area (Å²) in [6.45, 7) is 5.57. The summed E-state index contributed by atoms with van der Waals surface area (Å²) in [5, 5.41) is 4.18. The van der Waals surface area contributed by atoms with Gasteiger partial charge in [0.15, 0.2) is 5.76 Å².